The average Bonchev–Trinajstić information content (AvgIpc) is 1.99. The van der Waals surface area contributed by atoms with Crippen molar-refractivity contribution in [1.29, 1.82) is 0 Å². The molecule has 1 heterocycles. The largest absolute Gasteiger partial charge is 0.389 e. The van der Waals surface area contributed by atoms with E-state index in [1.807, 2.05) is 26.0 Å². The van der Waals surface area contributed by atoms with E-state index in [1.165, 1.54) is 0 Å². The van der Waals surface area contributed by atoms with Gasteiger partial charge in [0, 0.05) is 0 Å². The van der Waals surface area contributed by atoms with Gasteiger partial charge in [0.1, 0.15) is 0 Å². The molecule has 0 aliphatic carbocycles. The highest BCUT2D eigenvalue weighted by Crippen LogP contribution is 2.22. The lowest BCUT2D eigenvalue weighted by atomic mass is 9.95. The molecule has 0 amide bonds. The standard InChI is InChI=1S/C11H10O3/c1-6-3-7(2)10-8(4-6)5-9(12)14-11(10)13/h3-4H,5H2,1-2H3. The molecule has 0 aromatic heterocycles. The normalized spacial score (nSPS) is 15.0. The van der Waals surface area contributed by atoms with Gasteiger partial charge in [0.2, 0.25) is 0 Å². The summed E-state index contributed by atoms with van der Waals surface area (Å²) in [6, 6.07) is 3.77. The van der Waals surface area contributed by atoms with E-state index in [-0.39, 0.29) is 6.42 Å². The summed E-state index contributed by atoms with van der Waals surface area (Å²) < 4.78 is 4.56. The third-order valence-electron chi connectivity index (χ3n) is 2.31. The second-order valence-corrected chi connectivity index (χ2v) is 3.55. The molecule has 14 heavy (non-hydrogen) atoms. The Morgan fingerprint density at radius 2 is 1.93 bits per heavy atom. The number of cyclic esters (lactones) is 2. The van der Waals surface area contributed by atoms with Crippen LogP contribution in [0.3, 0.4) is 0 Å². The summed E-state index contributed by atoms with van der Waals surface area (Å²) in [7, 11) is 0. The zero-order chi connectivity index (χ0) is 10.3. The molecule has 0 bridgehead atoms. The molecule has 2 rings (SSSR count). The molecule has 0 saturated carbocycles. The number of carbonyl (C=O) groups is 2. The van der Waals surface area contributed by atoms with E-state index in [9.17, 15) is 9.59 Å². The number of fused-ring (bicyclic) bond motifs is 1. The van der Waals surface area contributed by atoms with Crippen LogP contribution in [0.25, 0.3) is 0 Å². The highest BCUT2D eigenvalue weighted by atomic mass is 16.6. The number of carbonyl (C=O) groups excluding carboxylic acids is 2. The Kier molecular flexibility index (Phi) is 1.88. The Morgan fingerprint density at radius 1 is 1.21 bits per heavy atom. The van der Waals surface area contributed by atoms with Crippen LogP contribution < -0.4 is 0 Å². The maximum atomic E-state index is 11.4. The van der Waals surface area contributed by atoms with Crippen molar-refractivity contribution in [3.8, 4) is 0 Å². The Bertz CT molecular complexity index is 432. The number of hydrogen-bond acceptors (Lipinski definition) is 3. The fourth-order valence-electron chi connectivity index (χ4n) is 1.83. The number of ether oxygens (including phenoxy) is 1. The number of aryl methyl sites for hydroxylation is 2. The number of rotatable bonds is 0. The van der Waals surface area contributed by atoms with Gasteiger partial charge >= 0.3 is 11.9 Å². The van der Waals surface area contributed by atoms with Gasteiger partial charge in [-0.05, 0) is 25.0 Å². The topological polar surface area (TPSA) is 43.4 Å². The molecule has 0 unspecified atom stereocenters. The minimum Gasteiger partial charge on any atom is -0.389 e. The van der Waals surface area contributed by atoms with E-state index in [0.29, 0.717) is 5.56 Å². The SMILES string of the molecule is Cc1cc(C)c2c(c1)CC(=O)OC2=O. The zero-order valence-electron chi connectivity index (χ0n) is 8.09. The van der Waals surface area contributed by atoms with Gasteiger partial charge in [-0.15, -0.1) is 0 Å². The zero-order valence-corrected chi connectivity index (χ0v) is 8.09. The first-order valence-electron chi connectivity index (χ1n) is 4.43. The van der Waals surface area contributed by atoms with Gasteiger partial charge < -0.3 is 4.74 Å². The summed E-state index contributed by atoms with van der Waals surface area (Å²) in [5.41, 5.74) is 3.26. The Morgan fingerprint density at radius 3 is 2.64 bits per heavy atom. The third-order valence-corrected chi connectivity index (χ3v) is 2.31. The van der Waals surface area contributed by atoms with E-state index < -0.39 is 11.9 Å². The fraction of sp³-hybridized carbons (Fsp3) is 0.273. The molecular weight excluding hydrogens is 180 g/mol. The molecule has 0 saturated heterocycles. The van der Waals surface area contributed by atoms with E-state index >= 15 is 0 Å². The lowest BCUT2D eigenvalue weighted by Gasteiger charge is -2.16. The first-order chi connectivity index (χ1) is 6.58. The van der Waals surface area contributed by atoms with Crippen molar-refractivity contribution < 1.29 is 14.3 Å². The molecular formula is C11H10O3. The molecule has 0 N–H and O–H groups in total. The smallest absolute Gasteiger partial charge is 0.346 e. The van der Waals surface area contributed by atoms with Gasteiger partial charge in [0.15, 0.2) is 0 Å². The maximum absolute atomic E-state index is 11.4. The summed E-state index contributed by atoms with van der Waals surface area (Å²) in [5.74, 6) is -0.985. The van der Waals surface area contributed by atoms with Crippen LogP contribution in [0, 0.1) is 13.8 Å². The minimum atomic E-state index is -0.520. The van der Waals surface area contributed by atoms with Gasteiger partial charge in [0.25, 0.3) is 0 Å². The molecule has 1 aromatic carbocycles. The second kappa shape index (κ2) is 2.94. The molecule has 0 fully saturated rings. The number of benzene rings is 1. The van der Waals surface area contributed by atoms with Gasteiger partial charge in [-0.25, -0.2) is 4.79 Å². The summed E-state index contributed by atoms with van der Waals surface area (Å²) in [6.45, 7) is 3.79. The van der Waals surface area contributed by atoms with Crippen LogP contribution in [0.4, 0.5) is 0 Å². The van der Waals surface area contributed by atoms with Crippen LogP contribution in [0.1, 0.15) is 27.0 Å². The minimum absolute atomic E-state index is 0.198. The molecule has 72 valence electrons. The molecule has 3 heteroatoms. The molecule has 3 nitrogen and oxygen atoms in total. The van der Waals surface area contributed by atoms with Crippen molar-refractivity contribution in [3.63, 3.8) is 0 Å². The summed E-state index contributed by atoms with van der Waals surface area (Å²) in [5, 5.41) is 0. The second-order valence-electron chi connectivity index (χ2n) is 3.55. The van der Waals surface area contributed by atoms with Crippen molar-refractivity contribution in [2.75, 3.05) is 0 Å². The maximum Gasteiger partial charge on any atom is 0.346 e. The molecule has 0 atom stereocenters. The first kappa shape index (κ1) is 8.94. The van der Waals surface area contributed by atoms with Crippen LogP contribution in [0.5, 0.6) is 0 Å². The van der Waals surface area contributed by atoms with Gasteiger partial charge in [-0.3, -0.25) is 4.79 Å². The average molecular weight is 190 g/mol. The summed E-state index contributed by atoms with van der Waals surface area (Å²) in [6.07, 6.45) is 0.198. The highest BCUT2D eigenvalue weighted by Gasteiger charge is 2.26. The van der Waals surface area contributed by atoms with Crippen LogP contribution in [0.15, 0.2) is 12.1 Å². The Balaban J connectivity index is 2.64. The van der Waals surface area contributed by atoms with Crippen LogP contribution in [0.2, 0.25) is 0 Å². The van der Waals surface area contributed by atoms with Crippen molar-refractivity contribution in [2.45, 2.75) is 20.3 Å². The van der Waals surface area contributed by atoms with Crippen LogP contribution in [-0.2, 0) is 16.0 Å². The number of hydrogen-bond donors (Lipinski definition) is 0. The van der Waals surface area contributed by atoms with Gasteiger partial charge in [-0.2, -0.15) is 0 Å². The molecule has 1 aliphatic rings. The molecule has 0 radical (unpaired) electrons. The van der Waals surface area contributed by atoms with E-state index in [0.717, 1.165) is 16.7 Å². The predicted molar refractivity (Wildman–Crippen MR) is 50.0 cm³/mol. The third kappa shape index (κ3) is 1.31. The predicted octanol–water partition coefficient (Wildman–Crippen LogP) is 1.54. The fourth-order valence-corrected chi connectivity index (χ4v) is 1.83. The van der Waals surface area contributed by atoms with E-state index in [4.69, 9.17) is 0 Å². The first-order valence-corrected chi connectivity index (χ1v) is 4.43. The lowest BCUT2D eigenvalue weighted by Crippen LogP contribution is -2.24. The summed E-state index contributed by atoms with van der Waals surface area (Å²) in [4.78, 5) is 22.4. The summed E-state index contributed by atoms with van der Waals surface area (Å²) >= 11 is 0. The Hall–Kier alpha value is -1.64. The monoisotopic (exact) mass is 190 g/mol. The van der Waals surface area contributed by atoms with Crippen molar-refractivity contribution >= 4 is 11.9 Å². The highest BCUT2D eigenvalue weighted by molar-refractivity contribution is 6.03. The molecule has 0 spiro atoms. The molecule has 1 aliphatic heterocycles. The van der Waals surface area contributed by atoms with Crippen LogP contribution in [-0.4, -0.2) is 11.9 Å². The van der Waals surface area contributed by atoms with Crippen LogP contribution >= 0.6 is 0 Å². The number of esters is 2. The lowest BCUT2D eigenvalue weighted by molar-refractivity contribution is -0.137. The van der Waals surface area contributed by atoms with Gasteiger partial charge in [0.05, 0.1) is 12.0 Å². The van der Waals surface area contributed by atoms with Gasteiger partial charge in [-0.1, -0.05) is 17.7 Å². The van der Waals surface area contributed by atoms with Crippen molar-refractivity contribution in [3.05, 3.63) is 34.4 Å². The quantitative estimate of drug-likeness (QED) is 0.460. The van der Waals surface area contributed by atoms with E-state index in [1.54, 1.807) is 0 Å². The molecule has 1 aromatic rings. The Labute approximate surface area is 81.7 Å². The van der Waals surface area contributed by atoms with Crippen molar-refractivity contribution in [2.24, 2.45) is 0 Å². The van der Waals surface area contributed by atoms with E-state index in [2.05, 4.69) is 4.74 Å². The van der Waals surface area contributed by atoms with Crippen molar-refractivity contribution in [1.82, 2.24) is 0 Å².